The summed E-state index contributed by atoms with van der Waals surface area (Å²) in [6, 6.07) is 9.98. The number of aromatic amines is 1. The molecule has 6 heteroatoms. The minimum Gasteiger partial charge on any atom is -0.371 e. The summed E-state index contributed by atoms with van der Waals surface area (Å²) >= 11 is 0. The lowest BCUT2D eigenvalue weighted by Crippen LogP contribution is -2.19. The molecule has 0 bridgehead atoms. The van der Waals surface area contributed by atoms with Crippen LogP contribution < -0.4 is 5.32 Å². The number of hydrogen-bond donors (Lipinski definition) is 2. The second kappa shape index (κ2) is 6.51. The molecule has 1 heterocycles. The minimum atomic E-state index is -0.250. The Morgan fingerprint density at radius 1 is 1.33 bits per heavy atom. The van der Waals surface area contributed by atoms with Gasteiger partial charge in [-0.05, 0) is 12.0 Å². The van der Waals surface area contributed by atoms with Gasteiger partial charge in [0.2, 0.25) is 5.95 Å². The molecular weight excluding hydrogens is 232 g/mol. The minimum absolute atomic E-state index is 0.00747. The third kappa shape index (κ3) is 3.99. The fraction of sp³-hybridized carbons (Fsp3) is 0.250. The predicted molar refractivity (Wildman–Crippen MR) is 66.0 cm³/mol. The second-order valence-electron chi connectivity index (χ2n) is 3.67. The lowest BCUT2D eigenvalue weighted by atomic mass is 10.2. The Balaban J connectivity index is 1.62. The van der Waals surface area contributed by atoms with E-state index in [9.17, 15) is 4.79 Å². The predicted octanol–water partition coefficient (Wildman–Crippen LogP) is 1.00. The first-order chi connectivity index (χ1) is 8.84. The summed E-state index contributed by atoms with van der Waals surface area (Å²) in [4.78, 5) is 15.2. The molecule has 94 valence electrons. The third-order valence-corrected chi connectivity index (χ3v) is 2.28. The van der Waals surface area contributed by atoms with Gasteiger partial charge in [-0.15, -0.1) is 0 Å². The molecule has 0 radical (unpaired) electrons. The Morgan fingerprint density at radius 3 is 2.89 bits per heavy atom. The summed E-state index contributed by atoms with van der Waals surface area (Å²) in [6.07, 6.45) is 2.11. The number of nitrogens with one attached hydrogen (secondary N) is 2. The van der Waals surface area contributed by atoms with E-state index in [-0.39, 0.29) is 12.5 Å². The van der Waals surface area contributed by atoms with Gasteiger partial charge in [0.1, 0.15) is 12.9 Å². The molecule has 0 spiro atoms. The molecule has 1 aromatic carbocycles. The highest BCUT2D eigenvalue weighted by molar-refractivity contribution is 5.89. The van der Waals surface area contributed by atoms with E-state index in [0.29, 0.717) is 12.6 Å². The van der Waals surface area contributed by atoms with Crippen molar-refractivity contribution in [2.45, 2.75) is 6.42 Å². The van der Waals surface area contributed by atoms with E-state index >= 15 is 0 Å². The smallest absolute Gasteiger partial charge is 0.252 e. The first-order valence-electron chi connectivity index (χ1n) is 5.61. The number of anilines is 1. The summed E-state index contributed by atoms with van der Waals surface area (Å²) in [7, 11) is 0. The van der Waals surface area contributed by atoms with Crippen LogP contribution in [0.2, 0.25) is 0 Å². The maximum Gasteiger partial charge on any atom is 0.252 e. The van der Waals surface area contributed by atoms with Crippen molar-refractivity contribution >= 4 is 11.9 Å². The Kier molecular flexibility index (Phi) is 4.43. The molecule has 0 aliphatic rings. The molecule has 6 nitrogen and oxygen atoms in total. The average molecular weight is 246 g/mol. The Bertz CT molecular complexity index is 470. The number of nitrogens with zero attached hydrogens (tertiary/aromatic N) is 2. The van der Waals surface area contributed by atoms with Crippen LogP contribution in [0.15, 0.2) is 36.7 Å². The normalized spacial score (nSPS) is 10.2. The van der Waals surface area contributed by atoms with Crippen LogP contribution in [0.5, 0.6) is 0 Å². The molecule has 0 saturated carbocycles. The zero-order chi connectivity index (χ0) is 12.6. The Morgan fingerprint density at radius 2 is 2.17 bits per heavy atom. The highest BCUT2D eigenvalue weighted by Gasteiger charge is 2.03. The van der Waals surface area contributed by atoms with Crippen molar-refractivity contribution in [2.24, 2.45) is 0 Å². The maximum absolute atomic E-state index is 11.4. The van der Waals surface area contributed by atoms with Crippen LogP contribution in [-0.4, -0.2) is 34.3 Å². The van der Waals surface area contributed by atoms with Gasteiger partial charge in [-0.2, -0.15) is 10.1 Å². The van der Waals surface area contributed by atoms with Crippen molar-refractivity contribution in [1.29, 1.82) is 0 Å². The van der Waals surface area contributed by atoms with Gasteiger partial charge in [-0.3, -0.25) is 10.1 Å². The van der Waals surface area contributed by atoms with Gasteiger partial charge >= 0.3 is 0 Å². The van der Waals surface area contributed by atoms with E-state index in [0.717, 1.165) is 6.42 Å². The molecule has 1 amide bonds. The van der Waals surface area contributed by atoms with E-state index in [1.165, 1.54) is 11.9 Å². The first-order valence-corrected chi connectivity index (χ1v) is 5.61. The van der Waals surface area contributed by atoms with Gasteiger partial charge in [0.05, 0.1) is 6.61 Å². The van der Waals surface area contributed by atoms with Gasteiger partial charge in [0.15, 0.2) is 0 Å². The number of carbonyl (C=O) groups is 1. The highest BCUT2D eigenvalue weighted by Crippen LogP contribution is 1.99. The third-order valence-electron chi connectivity index (χ3n) is 2.28. The van der Waals surface area contributed by atoms with Crippen molar-refractivity contribution in [1.82, 2.24) is 15.2 Å². The Labute approximate surface area is 104 Å². The highest BCUT2D eigenvalue weighted by atomic mass is 16.5. The molecule has 0 aliphatic heterocycles. The number of rotatable bonds is 6. The van der Waals surface area contributed by atoms with Crippen LogP contribution >= 0.6 is 0 Å². The Hall–Kier alpha value is -2.21. The van der Waals surface area contributed by atoms with Gasteiger partial charge in [0, 0.05) is 0 Å². The fourth-order valence-electron chi connectivity index (χ4n) is 1.43. The number of aromatic nitrogens is 3. The van der Waals surface area contributed by atoms with Crippen molar-refractivity contribution < 1.29 is 9.53 Å². The van der Waals surface area contributed by atoms with Crippen molar-refractivity contribution in [3.05, 3.63) is 42.2 Å². The first kappa shape index (κ1) is 12.3. The quantitative estimate of drug-likeness (QED) is 0.745. The largest absolute Gasteiger partial charge is 0.371 e. The van der Waals surface area contributed by atoms with Gasteiger partial charge in [0.25, 0.3) is 5.91 Å². The van der Waals surface area contributed by atoms with Gasteiger partial charge in [-0.25, -0.2) is 5.10 Å². The zero-order valence-electron chi connectivity index (χ0n) is 9.80. The van der Waals surface area contributed by atoms with E-state index in [2.05, 4.69) is 20.5 Å². The molecule has 1 aromatic heterocycles. The number of H-pyrrole nitrogens is 1. The van der Waals surface area contributed by atoms with E-state index < -0.39 is 0 Å². The standard InChI is InChI=1S/C12H14N4O2/c17-11(15-12-13-9-14-16-12)8-18-7-6-10-4-2-1-3-5-10/h1-5,9H,6-8H2,(H2,13,14,15,16,17). The number of benzene rings is 1. The molecule has 0 saturated heterocycles. The number of ether oxygens (including phenoxy) is 1. The zero-order valence-corrected chi connectivity index (χ0v) is 9.80. The van der Waals surface area contributed by atoms with Crippen LogP contribution in [0.3, 0.4) is 0 Å². The SMILES string of the molecule is O=C(COCCc1ccccc1)Nc1ncn[nH]1. The van der Waals surface area contributed by atoms with Crippen molar-refractivity contribution in [3.63, 3.8) is 0 Å². The molecular formula is C12H14N4O2. The van der Waals surface area contributed by atoms with Crippen molar-refractivity contribution in [2.75, 3.05) is 18.5 Å². The van der Waals surface area contributed by atoms with Gasteiger partial charge < -0.3 is 4.74 Å². The summed E-state index contributed by atoms with van der Waals surface area (Å²) in [5, 5.41) is 8.68. The summed E-state index contributed by atoms with van der Waals surface area (Å²) in [6.45, 7) is 0.515. The van der Waals surface area contributed by atoms with E-state index in [1.807, 2.05) is 30.3 Å². The van der Waals surface area contributed by atoms with E-state index in [1.54, 1.807) is 0 Å². The maximum atomic E-state index is 11.4. The average Bonchev–Trinajstić information content (AvgIpc) is 2.89. The van der Waals surface area contributed by atoms with Crippen LogP contribution in [0.4, 0.5) is 5.95 Å². The van der Waals surface area contributed by atoms with Crippen LogP contribution in [0.1, 0.15) is 5.56 Å². The van der Waals surface area contributed by atoms with Crippen LogP contribution in [0.25, 0.3) is 0 Å². The molecule has 0 unspecified atom stereocenters. The van der Waals surface area contributed by atoms with E-state index in [4.69, 9.17) is 4.74 Å². The van der Waals surface area contributed by atoms with Crippen LogP contribution in [0, 0.1) is 0 Å². The lowest BCUT2D eigenvalue weighted by molar-refractivity contribution is -0.120. The van der Waals surface area contributed by atoms with Gasteiger partial charge in [-0.1, -0.05) is 30.3 Å². The summed E-state index contributed by atoms with van der Waals surface area (Å²) in [5.74, 6) is 0.0754. The van der Waals surface area contributed by atoms with Crippen LogP contribution in [-0.2, 0) is 16.0 Å². The molecule has 2 aromatic rings. The summed E-state index contributed by atoms with van der Waals surface area (Å²) in [5.41, 5.74) is 1.19. The second-order valence-corrected chi connectivity index (χ2v) is 3.67. The molecule has 0 fully saturated rings. The fourth-order valence-corrected chi connectivity index (χ4v) is 1.43. The monoisotopic (exact) mass is 246 g/mol. The van der Waals surface area contributed by atoms with Crippen molar-refractivity contribution in [3.8, 4) is 0 Å². The molecule has 18 heavy (non-hydrogen) atoms. The lowest BCUT2D eigenvalue weighted by Gasteiger charge is -2.04. The number of amides is 1. The molecule has 2 N–H and O–H groups in total. The number of carbonyl (C=O) groups excluding carboxylic acids is 1. The number of hydrogen-bond acceptors (Lipinski definition) is 4. The summed E-state index contributed by atoms with van der Waals surface area (Å²) < 4.78 is 5.27. The topological polar surface area (TPSA) is 79.9 Å². The molecule has 2 rings (SSSR count). The molecule has 0 aliphatic carbocycles. The molecule has 0 atom stereocenters.